The number of benzene rings is 4. The molecule has 0 unspecified atom stereocenters. The normalized spacial score (nSPS) is 17.8. The first kappa shape index (κ1) is 32.6. The molecule has 5 aromatic rings. The number of anilines is 1. The lowest BCUT2D eigenvalue weighted by Gasteiger charge is -2.40. The van der Waals surface area contributed by atoms with Crippen LogP contribution in [-0.2, 0) is 15.1 Å². The molecule has 0 radical (unpaired) electrons. The number of carbonyl (C=O) groups excluding carboxylic acids is 1. The van der Waals surface area contributed by atoms with Gasteiger partial charge in [-0.3, -0.25) is 9.36 Å². The van der Waals surface area contributed by atoms with Crippen LogP contribution in [0.4, 0.5) is 5.82 Å². The molecule has 1 fully saturated rings. The Hall–Kier alpha value is -5.29. The molecule has 1 saturated heterocycles. The fourth-order valence-corrected chi connectivity index (χ4v) is 5.98. The van der Waals surface area contributed by atoms with Gasteiger partial charge in [-0.15, -0.1) is 0 Å². The second-order valence-electron chi connectivity index (χ2n) is 11.4. The van der Waals surface area contributed by atoms with Crippen LogP contribution in [0.25, 0.3) is 0 Å². The molecule has 0 saturated carbocycles. The highest BCUT2D eigenvalue weighted by Gasteiger charge is 2.41. The standard InChI is InChI=1S/C38H37N3O7/c1-45-30-17-13-28(14-18-30)38(27-11-7-4-8-12-27,29-15-19-31(46-2)20-16-29)47-25-33-32(42)21-22-35(48-33)41-24-23-34(40-37(41)44)39-36(43)26-9-5-3-6-10-26/h3-20,23-24,32-33,35,42H,21-22,25H2,1-2H3,(H,39,40,43,44)/t32-,33+,35+/m0/s1. The van der Waals surface area contributed by atoms with E-state index in [1.165, 1.54) is 4.57 Å². The average molecular weight is 648 g/mol. The summed E-state index contributed by atoms with van der Waals surface area (Å²) < 4.78 is 25.5. The molecule has 1 aromatic heterocycles. The summed E-state index contributed by atoms with van der Waals surface area (Å²) in [6, 6.07) is 35.4. The molecule has 1 aliphatic heterocycles. The molecule has 2 heterocycles. The van der Waals surface area contributed by atoms with Crippen molar-refractivity contribution < 1.29 is 28.8 Å². The number of aliphatic hydroxyl groups is 1. The van der Waals surface area contributed by atoms with Gasteiger partial charge in [0.05, 0.1) is 26.9 Å². The van der Waals surface area contributed by atoms with Crippen LogP contribution < -0.4 is 20.5 Å². The molecule has 1 amide bonds. The first-order valence-electron chi connectivity index (χ1n) is 15.7. The Morgan fingerprint density at radius 1 is 0.833 bits per heavy atom. The molecule has 1 aliphatic rings. The fourth-order valence-electron chi connectivity index (χ4n) is 5.98. The molecule has 48 heavy (non-hydrogen) atoms. The highest BCUT2D eigenvalue weighted by atomic mass is 16.6. The van der Waals surface area contributed by atoms with Gasteiger partial charge < -0.3 is 29.4 Å². The smallest absolute Gasteiger partial charge is 0.351 e. The van der Waals surface area contributed by atoms with Gasteiger partial charge in [0.25, 0.3) is 5.91 Å². The SMILES string of the molecule is COc1ccc(C(OC[C@H]2O[C@@H](n3ccc(NC(=O)c4ccccc4)nc3=O)CC[C@@H]2O)(c2ccccc2)c2ccc(OC)cc2)cc1. The van der Waals surface area contributed by atoms with Crippen LogP contribution in [0.15, 0.2) is 126 Å². The van der Waals surface area contributed by atoms with Crippen LogP contribution in [0.3, 0.4) is 0 Å². The summed E-state index contributed by atoms with van der Waals surface area (Å²) in [6.45, 7) is -0.00197. The number of aliphatic hydroxyl groups excluding tert-OH is 1. The Bertz CT molecular complexity index is 1820. The van der Waals surface area contributed by atoms with Gasteiger partial charge in [-0.25, -0.2) is 4.79 Å². The van der Waals surface area contributed by atoms with E-state index in [1.54, 1.807) is 50.7 Å². The Balaban J connectivity index is 1.28. The third-order valence-corrected chi connectivity index (χ3v) is 8.53. The minimum atomic E-state index is -1.10. The lowest BCUT2D eigenvalue weighted by atomic mass is 9.80. The van der Waals surface area contributed by atoms with E-state index < -0.39 is 29.7 Å². The number of ether oxygens (including phenoxy) is 4. The maximum absolute atomic E-state index is 13.1. The van der Waals surface area contributed by atoms with E-state index in [4.69, 9.17) is 18.9 Å². The molecule has 4 aromatic carbocycles. The first-order valence-corrected chi connectivity index (χ1v) is 15.7. The Morgan fingerprint density at radius 3 is 1.96 bits per heavy atom. The maximum Gasteiger partial charge on any atom is 0.351 e. The third-order valence-electron chi connectivity index (χ3n) is 8.53. The Kier molecular flexibility index (Phi) is 9.96. The number of hydrogen-bond donors (Lipinski definition) is 2. The molecule has 246 valence electrons. The van der Waals surface area contributed by atoms with Gasteiger partial charge in [0.15, 0.2) is 0 Å². The predicted molar refractivity (Wildman–Crippen MR) is 180 cm³/mol. The highest BCUT2D eigenvalue weighted by Crippen LogP contribution is 2.42. The van der Waals surface area contributed by atoms with Crippen LogP contribution in [-0.4, -0.2) is 53.6 Å². The summed E-state index contributed by atoms with van der Waals surface area (Å²) in [5.41, 5.74) is 1.32. The van der Waals surface area contributed by atoms with E-state index in [-0.39, 0.29) is 18.3 Å². The topological polar surface area (TPSA) is 121 Å². The van der Waals surface area contributed by atoms with Crippen LogP contribution >= 0.6 is 0 Å². The van der Waals surface area contributed by atoms with E-state index in [9.17, 15) is 14.7 Å². The minimum absolute atomic E-state index is 0.00197. The third kappa shape index (κ3) is 6.86. The van der Waals surface area contributed by atoms with Crippen molar-refractivity contribution in [2.75, 3.05) is 26.1 Å². The molecule has 3 atom stereocenters. The molecular formula is C38H37N3O7. The van der Waals surface area contributed by atoms with Gasteiger partial charge in [-0.05, 0) is 72.0 Å². The number of aromatic nitrogens is 2. The van der Waals surface area contributed by atoms with Crippen LogP contribution in [0, 0.1) is 0 Å². The fraction of sp³-hybridized carbons (Fsp3) is 0.237. The largest absolute Gasteiger partial charge is 0.497 e. The number of methoxy groups -OCH3 is 2. The predicted octanol–water partition coefficient (Wildman–Crippen LogP) is 5.56. The van der Waals surface area contributed by atoms with Gasteiger partial charge >= 0.3 is 5.69 Å². The molecule has 10 nitrogen and oxygen atoms in total. The summed E-state index contributed by atoms with van der Waals surface area (Å²) in [7, 11) is 3.24. The second kappa shape index (κ2) is 14.6. The monoisotopic (exact) mass is 647 g/mol. The Morgan fingerprint density at radius 2 is 1.40 bits per heavy atom. The summed E-state index contributed by atoms with van der Waals surface area (Å²) in [5.74, 6) is 1.17. The number of nitrogens with one attached hydrogen (secondary N) is 1. The van der Waals surface area contributed by atoms with Crippen molar-refractivity contribution in [3.05, 3.63) is 154 Å². The number of nitrogens with zero attached hydrogens (tertiary/aromatic N) is 2. The van der Waals surface area contributed by atoms with Crippen LogP contribution in [0.1, 0.15) is 46.1 Å². The summed E-state index contributed by atoms with van der Waals surface area (Å²) in [6.07, 6.45) is -0.00747. The lowest BCUT2D eigenvalue weighted by molar-refractivity contribution is -0.179. The molecule has 10 heteroatoms. The van der Waals surface area contributed by atoms with Gasteiger partial charge in [0.2, 0.25) is 0 Å². The number of amides is 1. The van der Waals surface area contributed by atoms with E-state index >= 15 is 0 Å². The van der Waals surface area contributed by atoms with Crippen molar-refractivity contribution in [3.63, 3.8) is 0 Å². The van der Waals surface area contributed by atoms with E-state index in [0.29, 0.717) is 29.9 Å². The highest BCUT2D eigenvalue weighted by molar-refractivity contribution is 6.03. The van der Waals surface area contributed by atoms with Crippen molar-refractivity contribution in [3.8, 4) is 11.5 Å². The van der Waals surface area contributed by atoms with Crippen molar-refractivity contribution in [2.45, 2.75) is 36.9 Å². The Labute approximate surface area is 278 Å². The summed E-state index contributed by atoms with van der Waals surface area (Å²) >= 11 is 0. The molecule has 0 aliphatic carbocycles. The zero-order valence-electron chi connectivity index (χ0n) is 26.7. The number of rotatable bonds is 11. The van der Waals surface area contributed by atoms with E-state index in [0.717, 1.165) is 16.7 Å². The number of carbonyl (C=O) groups is 1. The van der Waals surface area contributed by atoms with Gasteiger partial charge in [-0.1, -0.05) is 72.8 Å². The summed E-state index contributed by atoms with van der Waals surface area (Å²) in [5, 5.41) is 13.8. The van der Waals surface area contributed by atoms with Gasteiger partial charge in [0, 0.05) is 11.8 Å². The van der Waals surface area contributed by atoms with E-state index in [2.05, 4.69) is 10.3 Å². The minimum Gasteiger partial charge on any atom is -0.497 e. The molecule has 2 N–H and O–H groups in total. The van der Waals surface area contributed by atoms with Crippen molar-refractivity contribution >= 4 is 11.7 Å². The summed E-state index contributed by atoms with van der Waals surface area (Å²) in [4.78, 5) is 29.8. The van der Waals surface area contributed by atoms with Gasteiger partial charge in [-0.2, -0.15) is 4.98 Å². The van der Waals surface area contributed by atoms with E-state index in [1.807, 2.05) is 84.9 Å². The zero-order valence-corrected chi connectivity index (χ0v) is 26.7. The van der Waals surface area contributed by atoms with Gasteiger partial charge in [0.1, 0.15) is 35.2 Å². The molecule has 0 spiro atoms. The van der Waals surface area contributed by atoms with Crippen molar-refractivity contribution in [1.82, 2.24) is 9.55 Å². The first-order chi connectivity index (χ1) is 23.4. The second-order valence-corrected chi connectivity index (χ2v) is 11.4. The van der Waals surface area contributed by atoms with Crippen LogP contribution in [0.2, 0.25) is 0 Å². The molecular weight excluding hydrogens is 610 g/mol. The zero-order chi connectivity index (χ0) is 33.5. The van der Waals surface area contributed by atoms with Crippen molar-refractivity contribution in [2.24, 2.45) is 0 Å². The van der Waals surface area contributed by atoms with Crippen LogP contribution in [0.5, 0.6) is 11.5 Å². The molecule has 6 rings (SSSR count). The quantitative estimate of drug-likeness (QED) is 0.179. The average Bonchev–Trinajstić information content (AvgIpc) is 3.14. The number of hydrogen-bond acceptors (Lipinski definition) is 8. The van der Waals surface area contributed by atoms with Crippen molar-refractivity contribution in [1.29, 1.82) is 0 Å². The lowest BCUT2D eigenvalue weighted by Crippen LogP contribution is -2.45. The maximum atomic E-state index is 13.1. The molecule has 0 bridgehead atoms.